The van der Waals surface area contributed by atoms with Crippen LogP contribution in [0.4, 0.5) is 10.5 Å². The molecule has 3 aromatic rings. The normalized spacial score (nSPS) is 10.5. The second-order valence-electron chi connectivity index (χ2n) is 4.30. The number of ether oxygens (including phenoxy) is 1. The molecule has 2 aromatic carbocycles. The van der Waals surface area contributed by atoms with Gasteiger partial charge in [-0.05, 0) is 12.1 Å². The van der Waals surface area contributed by atoms with Crippen LogP contribution >= 0.6 is 11.3 Å². The van der Waals surface area contributed by atoms with Gasteiger partial charge in [-0.3, -0.25) is 5.32 Å². The highest BCUT2D eigenvalue weighted by atomic mass is 32.1. The van der Waals surface area contributed by atoms with Crippen LogP contribution in [0.15, 0.2) is 48.0 Å². The van der Waals surface area contributed by atoms with Gasteiger partial charge >= 0.3 is 6.09 Å². The third-order valence-electron chi connectivity index (χ3n) is 2.96. The van der Waals surface area contributed by atoms with Crippen molar-refractivity contribution in [2.75, 3.05) is 5.32 Å². The minimum Gasteiger partial charge on any atom is -0.486 e. The minimum absolute atomic E-state index is 0.396. The summed E-state index contributed by atoms with van der Waals surface area (Å²) in [6.45, 7) is 0.396. The molecule has 0 spiro atoms. The van der Waals surface area contributed by atoms with E-state index in [1.54, 1.807) is 18.3 Å². The minimum atomic E-state index is -1.09. The molecule has 1 amide bonds. The van der Waals surface area contributed by atoms with Crippen molar-refractivity contribution in [2.45, 2.75) is 6.61 Å². The summed E-state index contributed by atoms with van der Waals surface area (Å²) in [5.41, 5.74) is 0.541. The maximum atomic E-state index is 10.8. The predicted octanol–water partition coefficient (Wildman–Crippen LogP) is 3.97. The Hall–Kier alpha value is -2.60. The monoisotopic (exact) mass is 300 g/mol. The maximum absolute atomic E-state index is 10.8. The summed E-state index contributed by atoms with van der Waals surface area (Å²) < 4.78 is 5.80. The van der Waals surface area contributed by atoms with E-state index in [-0.39, 0.29) is 0 Å². The van der Waals surface area contributed by atoms with Gasteiger partial charge in [0.2, 0.25) is 0 Å². The quantitative estimate of drug-likeness (QED) is 0.765. The second-order valence-corrected chi connectivity index (χ2v) is 5.28. The molecule has 0 aliphatic carbocycles. The first-order valence-electron chi connectivity index (χ1n) is 6.27. The molecular formula is C15H12N2O3S. The molecule has 0 aliphatic rings. The molecule has 1 aromatic heterocycles. The van der Waals surface area contributed by atoms with Crippen molar-refractivity contribution < 1.29 is 14.6 Å². The average Bonchev–Trinajstić information content (AvgIpc) is 2.98. The summed E-state index contributed by atoms with van der Waals surface area (Å²) in [5.74, 6) is 0.705. The number of fused-ring (bicyclic) bond motifs is 1. The van der Waals surface area contributed by atoms with Gasteiger partial charge in [0.05, 0.1) is 5.69 Å². The number of thiazole rings is 1. The van der Waals surface area contributed by atoms with Crippen molar-refractivity contribution in [3.63, 3.8) is 0 Å². The molecular weight excluding hydrogens is 288 g/mol. The molecule has 0 atom stereocenters. The standard InChI is InChI=1S/C15H12N2O3S/c18-15(19)17-12-5-1-4-11-10(12)3-2-6-13(11)20-9-14-16-7-8-21-14/h1-8,17H,9H2,(H,18,19). The number of hydrogen-bond acceptors (Lipinski definition) is 4. The number of benzene rings is 2. The third-order valence-corrected chi connectivity index (χ3v) is 3.71. The molecule has 5 nitrogen and oxygen atoms in total. The Morgan fingerprint density at radius 2 is 2.05 bits per heavy atom. The van der Waals surface area contributed by atoms with E-state index in [1.807, 2.05) is 29.6 Å². The van der Waals surface area contributed by atoms with E-state index in [9.17, 15) is 4.79 Å². The third kappa shape index (κ3) is 2.95. The molecule has 0 bridgehead atoms. The molecule has 0 unspecified atom stereocenters. The number of carboxylic acid groups (broad SMARTS) is 1. The average molecular weight is 300 g/mol. The first-order chi connectivity index (χ1) is 10.2. The van der Waals surface area contributed by atoms with E-state index in [1.165, 1.54) is 11.3 Å². The molecule has 21 heavy (non-hydrogen) atoms. The van der Waals surface area contributed by atoms with E-state index < -0.39 is 6.09 Å². The van der Waals surface area contributed by atoms with E-state index >= 15 is 0 Å². The van der Waals surface area contributed by atoms with Gasteiger partial charge in [0, 0.05) is 22.3 Å². The Kier molecular flexibility index (Phi) is 3.70. The molecule has 0 radical (unpaired) electrons. The number of amides is 1. The zero-order valence-electron chi connectivity index (χ0n) is 10.9. The summed E-state index contributed by atoms with van der Waals surface area (Å²) in [4.78, 5) is 15.0. The van der Waals surface area contributed by atoms with Crippen molar-refractivity contribution in [2.24, 2.45) is 0 Å². The van der Waals surface area contributed by atoms with E-state index in [0.717, 1.165) is 15.8 Å². The molecule has 0 saturated heterocycles. The summed E-state index contributed by atoms with van der Waals surface area (Å²) in [7, 11) is 0. The number of nitrogens with one attached hydrogen (secondary N) is 1. The highest BCUT2D eigenvalue weighted by Crippen LogP contribution is 2.31. The van der Waals surface area contributed by atoms with Crippen LogP contribution in [0.1, 0.15) is 5.01 Å². The maximum Gasteiger partial charge on any atom is 0.409 e. The smallest absolute Gasteiger partial charge is 0.409 e. The molecule has 0 fully saturated rings. The number of hydrogen-bond donors (Lipinski definition) is 2. The number of rotatable bonds is 4. The van der Waals surface area contributed by atoms with Crippen LogP contribution in [0.3, 0.4) is 0 Å². The van der Waals surface area contributed by atoms with Crippen LogP contribution in [-0.2, 0) is 6.61 Å². The molecule has 2 N–H and O–H groups in total. The lowest BCUT2D eigenvalue weighted by molar-refractivity contribution is 0.210. The van der Waals surface area contributed by atoms with E-state index in [4.69, 9.17) is 9.84 Å². The summed E-state index contributed by atoms with van der Waals surface area (Å²) in [6.07, 6.45) is 0.651. The second kappa shape index (κ2) is 5.80. The van der Waals surface area contributed by atoms with Crippen LogP contribution in [0.5, 0.6) is 5.75 Å². The van der Waals surface area contributed by atoms with Gasteiger partial charge < -0.3 is 9.84 Å². The molecule has 1 heterocycles. The lowest BCUT2D eigenvalue weighted by Crippen LogP contribution is -2.07. The van der Waals surface area contributed by atoms with Gasteiger partial charge in [0.25, 0.3) is 0 Å². The van der Waals surface area contributed by atoms with E-state index in [2.05, 4.69) is 10.3 Å². The van der Waals surface area contributed by atoms with Crippen molar-refractivity contribution in [3.05, 3.63) is 53.0 Å². The van der Waals surface area contributed by atoms with Crippen molar-refractivity contribution in [1.29, 1.82) is 0 Å². The van der Waals surface area contributed by atoms with Gasteiger partial charge in [-0.1, -0.05) is 24.3 Å². The van der Waals surface area contributed by atoms with Crippen LogP contribution in [-0.4, -0.2) is 16.2 Å². The summed E-state index contributed by atoms with van der Waals surface area (Å²) in [6, 6.07) is 11.0. The first kappa shape index (κ1) is 13.4. The highest BCUT2D eigenvalue weighted by Gasteiger charge is 2.08. The Bertz CT molecular complexity index is 772. The lowest BCUT2D eigenvalue weighted by atomic mass is 10.1. The van der Waals surface area contributed by atoms with Crippen molar-refractivity contribution >= 4 is 33.9 Å². The number of anilines is 1. The Balaban J connectivity index is 1.94. The zero-order chi connectivity index (χ0) is 14.7. The fourth-order valence-corrected chi connectivity index (χ4v) is 2.62. The number of carbonyl (C=O) groups is 1. The Labute approximate surface area is 124 Å². The van der Waals surface area contributed by atoms with Crippen molar-refractivity contribution in [3.8, 4) is 5.75 Å². The summed E-state index contributed by atoms with van der Waals surface area (Å²) >= 11 is 1.53. The van der Waals surface area contributed by atoms with Gasteiger partial charge in [0.15, 0.2) is 0 Å². The number of nitrogens with zero attached hydrogens (tertiary/aromatic N) is 1. The van der Waals surface area contributed by atoms with Crippen LogP contribution in [0.25, 0.3) is 10.8 Å². The van der Waals surface area contributed by atoms with Gasteiger partial charge in [0.1, 0.15) is 17.4 Å². The van der Waals surface area contributed by atoms with Crippen LogP contribution < -0.4 is 10.1 Å². The molecule has 0 saturated carbocycles. The lowest BCUT2D eigenvalue weighted by Gasteiger charge is -2.11. The van der Waals surface area contributed by atoms with Crippen LogP contribution in [0, 0.1) is 0 Å². The predicted molar refractivity (Wildman–Crippen MR) is 82.0 cm³/mol. The summed E-state index contributed by atoms with van der Waals surface area (Å²) in [5, 5.41) is 15.7. The molecule has 3 rings (SSSR count). The van der Waals surface area contributed by atoms with Gasteiger partial charge in [-0.25, -0.2) is 9.78 Å². The zero-order valence-corrected chi connectivity index (χ0v) is 11.8. The largest absolute Gasteiger partial charge is 0.486 e. The first-order valence-corrected chi connectivity index (χ1v) is 7.15. The van der Waals surface area contributed by atoms with Crippen LogP contribution in [0.2, 0.25) is 0 Å². The van der Waals surface area contributed by atoms with Crippen molar-refractivity contribution in [1.82, 2.24) is 4.98 Å². The fourth-order valence-electron chi connectivity index (χ4n) is 2.09. The van der Waals surface area contributed by atoms with Gasteiger partial charge in [-0.15, -0.1) is 11.3 Å². The van der Waals surface area contributed by atoms with E-state index in [0.29, 0.717) is 18.0 Å². The highest BCUT2D eigenvalue weighted by molar-refractivity contribution is 7.09. The Morgan fingerprint density at radius 1 is 1.24 bits per heavy atom. The molecule has 6 heteroatoms. The number of aromatic nitrogens is 1. The topological polar surface area (TPSA) is 71.5 Å². The molecule has 106 valence electrons. The molecule has 0 aliphatic heterocycles. The Morgan fingerprint density at radius 3 is 2.81 bits per heavy atom. The van der Waals surface area contributed by atoms with Gasteiger partial charge in [-0.2, -0.15) is 0 Å². The fraction of sp³-hybridized carbons (Fsp3) is 0.0667. The SMILES string of the molecule is O=C(O)Nc1cccc2c(OCc3nccs3)cccc12.